The Morgan fingerprint density at radius 3 is 2.88 bits per heavy atom. The van der Waals surface area contributed by atoms with Gasteiger partial charge in [0, 0.05) is 28.1 Å². The Hall–Kier alpha value is -0.800. The van der Waals surface area contributed by atoms with Crippen molar-refractivity contribution < 1.29 is 0 Å². The summed E-state index contributed by atoms with van der Waals surface area (Å²) in [5.41, 5.74) is 8.29. The quantitative estimate of drug-likeness (QED) is 0.915. The number of fused-ring (bicyclic) bond motifs is 1. The van der Waals surface area contributed by atoms with E-state index in [1.54, 1.807) is 0 Å². The Bertz CT molecular complexity index is 488. The predicted molar refractivity (Wildman–Crippen MR) is 72.7 cm³/mol. The van der Waals surface area contributed by atoms with E-state index < -0.39 is 0 Å². The van der Waals surface area contributed by atoms with Gasteiger partial charge in [-0.2, -0.15) is 0 Å². The second kappa shape index (κ2) is 5.02. The van der Waals surface area contributed by atoms with E-state index in [-0.39, 0.29) is 0 Å². The molecule has 2 nitrogen and oxygen atoms in total. The van der Waals surface area contributed by atoms with Crippen LogP contribution in [0.1, 0.15) is 18.9 Å². The molecule has 0 amide bonds. The number of aromatic nitrogens is 1. The lowest BCUT2D eigenvalue weighted by molar-refractivity contribution is 0.781. The summed E-state index contributed by atoms with van der Waals surface area (Å²) in [5.74, 6) is 0. The average molecular weight is 281 g/mol. The molecule has 0 fully saturated rings. The van der Waals surface area contributed by atoms with E-state index in [9.17, 15) is 0 Å². The number of hydrogen-bond acceptors (Lipinski definition) is 1. The molecule has 0 atom stereocenters. The summed E-state index contributed by atoms with van der Waals surface area (Å²) in [4.78, 5) is 0. The van der Waals surface area contributed by atoms with Gasteiger partial charge in [-0.05, 0) is 44.0 Å². The number of halogens is 1. The monoisotopic (exact) mass is 280 g/mol. The summed E-state index contributed by atoms with van der Waals surface area (Å²) in [5, 5.41) is 1.35. The van der Waals surface area contributed by atoms with Gasteiger partial charge in [-0.15, -0.1) is 0 Å². The lowest BCUT2D eigenvalue weighted by atomic mass is 10.1. The van der Waals surface area contributed by atoms with Gasteiger partial charge in [-0.3, -0.25) is 0 Å². The largest absolute Gasteiger partial charge is 0.347 e. The number of aryl methyl sites for hydroxylation is 2. The van der Waals surface area contributed by atoms with Crippen LogP contribution in [-0.2, 0) is 13.0 Å². The molecular formula is C13H17BrN2. The zero-order valence-electron chi connectivity index (χ0n) is 9.54. The highest BCUT2D eigenvalue weighted by Crippen LogP contribution is 2.29. The molecule has 0 saturated heterocycles. The molecular weight excluding hydrogens is 264 g/mol. The highest BCUT2D eigenvalue weighted by Gasteiger charge is 2.09. The highest BCUT2D eigenvalue weighted by atomic mass is 79.9. The Kier molecular flexibility index (Phi) is 3.66. The van der Waals surface area contributed by atoms with Gasteiger partial charge in [0.2, 0.25) is 0 Å². The Morgan fingerprint density at radius 1 is 1.38 bits per heavy atom. The van der Waals surface area contributed by atoms with Crippen LogP contribution < -0.4 is 5.73 Å². The first-order valence-electron chi connectivity index (χ1n) is 5.74. The minimum Gasteiger partial charge on any atom is -0.347 e. The molecule has 86 valence electrons. The van der Waals surface area contributed by atoms with Crippen LogP contribution in [-0.4, -0.2) is 11.1 Å². The van der Waals surface area contributed by atoms with Crippen molar-refractivity contribution in [2.75, 3.05) is 6.54 Å². The van der Waals surface area contributed by atoms with E-state index in [0.29, 0.717) is 0 Å². The third kappa shape index (κ3) is 2.02. The number of rotatable bonds is 4. The van der Waals surface area contributed by atoms with Gasteiger partial charge in [0.25, 0.3) is 0 Å². The third-order valence-corrected chi connectivity index (χ3v) is 3.59. The maximum Gasteiger partial charge on any atom is 0.0494 e. The summed E-state index contributed by atoms with van der Waals surface area (Å²) in [6.45, 7) is 3.94. The molecule has 2 N–H and O–H groups in total. The smallest absolute Gasteiger partial charge is 0.0494 e. The second-order valence-electron chi connectivity index (χ2n) is 3.97. The Labute approximate surface area is 105 Å². The first kappa shape index (κ1) is 11.7. The van der Waals surface area contributed by atoms with Crippen molar-refractivity contribution in [3.8, 4) is 0 Å². The normalized spacial score (nSPS) is 11.2. The van der Waals surface area contributed by atoms with Crippen LogP contribution in [0.15, 0.2) is 28.9 Å². The lowest BCUT2D eigenvalue weighted by Gasteiger charge is -2.00. The van der Waals surface area contributed by atoms with Crippen molar-refractivity contribution in [1.82, 2.24) is 4.57 Å². The average Bonchev–Trinajstić information content (AvgIpc) is 2.66. The van der Waals surface area contributed by atoms with Crippen molar-refractivity contribution >= 4 is 26.8 Å². The molecule has 2 rings (SSSR count). The fraction of sp³-hybridized carbons (Fsp3) is 0.385. The van der Waals surface area contributed by atoms with E-state index in [2.05, 4.69) is 51.8 Å². The van der Waals surface area contributed by atoms with Gasteiger partial charge in [0.15, 0.2) is 0 Å². The molecule has 0 bridgehead atoms. The molecule has 1 heterocycles. The first-order valence-corrected chi connectivity index (χ1v) is 6.53. The summed E-state index contributed by atoms with van der Waals surface area (Å²) >= 11 is 3.64. The second-order valence-corrected chi connectivity index (χ2v) is 4.82. The molecule has 1 aromatic carbocycles. The maximum absolute atomic E-state index is 5.58. The SMILES string of the molecule is CCn1cc(CCCN)c2c(Br)cccc21. The van der Waals surface area contributed by atoms with Crippen molar-refractivity contribution in [2.24, 2.45) is 5.73 Å². The van der Waals surface area contributed by atoms with Gasteiger partial charge in [-0.25, -0.2) is 0 Å². The van der Waals surface area contributed by atoms with Crippen LogP contribution in [0, 0.1) is 0 Å². The van der Waals surface area contributed by atoms with Crippen LogP contribution in [0.5, 0.6) is 0 Å². The van der Waals surface area contributed by atoms with Gasteiger partial charge in [0.1, 0.15) is 0 Å². The predicted octanol–water partition coefficient (Wildman–Crippen LogP) is 3.32. The molecule has 0 unspecified atom stereocenters. The Balaban J connectivity index is 2.55. The molecule has 0 aliphatic carbocycles. The van der Waals surface area contributed by atoms with Crippen molar-refractivity contribution in [1.29, 1.82) is 0 Å². The molecule has 0 aliphatic rings. The molecule has 16 heavy (non-hydrogen) atoms. The van der Waals surface area contributed by atoms with Crippen molar-refractivity contribution in [2.45, 2.75) is 26.3 Å². The van der Waals surface area contributed by atoms with Crippen molar-refractivity contribution in [3.63, 3.8) is 0 Å². The van der Waals surface area contributed by atoms with Gasteiger partial charge in [-0.1, -0.05) is 22.0 Å². The van der Waals surface area contributed by atoms with E-state index in [1.807, 2.05) is 0 Å². The topological polar surface area (TPSA) is 30.9 Å². The zero-order valence-corrected chi connectivity index (χ0v) is 11.1. The maximum atomic E-state index is 5.58. The molecule has 0 spiro atoms. The third-order valence-electron chi connectivity index (χ3n) is 2.92. The number of nitrogens with zero attached hydrogens (tertiary/aromatic N) is 1. The zero-order chi connectivity index (χ0) is 11.5. The van der Waals surface area contributed by atoms with Crippen LogP contribution in [0.2, 0.25) is 0 Å². The number of nitrogens with two attached hydrogens (primary N) is 1. The summed E-state index contributed by atoms with van der Waals surface area (Å²) < 4.78 is 3.48. The highest BCUT2D eigenvalue weighted by molar-refractivity contribution is 9.10. The van der Waals surface area contributed by atoms with Crippen LogP contribution >= 0.6 is 15.9 Å². The minimum absolute atomic E-state index is 0.753. The summed E-state index contributed by atoms with van der Waals surface area (Å²) in [6.07, 6.45) is 4.36. The van der Waals surface area contributed by atoms with Gasteiger partial charge >= 0.3 is 0 Å². The molecule has 3 heteroatoms. The molecule has 0 saturated carbocycles. The van der Waals surface area contributed by atoms with E-state index in [4.69, 9.17) is 5.73 Å². The fourth-order valence-electron chi connectivity index (χ4n) is 2.14. The standard InChI is InChI=1S/C13H17BrN2/c1-2-16-9-10(5-4-8-15)13-11(14)6-3-7-12(13)16/h3,6-7,9H,2,4-5,8,15H2,1H3. The first-order chi connectivity index (χ1) is 7.77. The molecule has 2 aromatic rings. The van der Waals surface area contributed by atoms with Gasteiger partial charge < -0.3 is 10.3 Å². The summed E-state index contributed by atoms with van der Waals surface area (Å²) in [6, 6.07) is 6.37. The van der Waals surface area contributed by atoms with Crippen molar-refractivity contribution in [3.05, 3.63) is 34.4 Å². The van der Waals surface area contributed by atoms with E-state index in [0.717, 1.165) is 25.9 Å². The summed E-state index contributed by atoms with van der Waals surface area (Å²) in [7, 11) is 0. The molecule has 0 aliphatic heterocycles. The van der Waals surface area contributed by atoms with E-state index >= 15 is 0 Å². The fourth-order valence-corrected chi connectivity index (χ4v) is 2.75. The van der Waals surface area contributed by atoms with E-state index in [1.165, 1.54) is 20.9 Å². The molecule has 1 aromatic heterocycles. The lowest BCUT2D eigenvalue weighted by Crippen LogP contribution is -2.00. The number of hydrogen-bond donors (Lipinski definition) is 1. The Morgan fingerprint density at radius 2 is 2.19 bits per heavy atom. The van der Waals surface area contributed by atoms with Gasteiger partial charge in [0.05, 0.1) is 0 Å². The van der Waals surface area contributed by atoms with Crippen LogP contribution in [0.3, 0.4) is 0 Å². The molecule has 0 radical (unpaired) electrons. The minimum atomic E-state index is 0.753. The number of benzene rings is 1. The van der Waals surface area contributed by atoms with Crippen LogP contribution in [0.25, 0.3) is 10.9 Å². The van der Waals surface area contributed by atoms with Crippen LogP contribution in [0.4, 0.5) is 0 Å².